The number of hydrogen-bond acceptors (Lipinski definition) is 1. The van der Waals surface area contributed by atoms with Crippen molar-refractivity contribution in [2.75, 3.05) is 5.32 Å². The van der Waals surface area contributed by atoms with Crippen LogP contribution < -0.4 is 5.32 Å². The molecule has 20 heavy (non-hydrogen) atoms. The number of carbonyl (C=O) groups is 1. The average Bonchev–Trinajstić information content (AvgIpc) is 2.25. The second-order valence-electron chi connectivity index (χ2n) is 4.57. The van der Waals surface area contributed by atoms with Gasteiger partial charge in [-0.05, 0) is 49.2 Å². The number of hydrogen-bond donors (Lipinski definition) is 1. The van der Waals surface area contributed by atoms with Gasteiger partial charge in [-0.3, -0.25) is 4.79 Å². The first-order chi connectivity index (χ1) is 9.36. The molecule has 104 valence electrons. The molecule has 0 heterocycles. The van der Waals surface area contributed by atoms with Crippen molar-refractivity contribution in [2.45, 2.75) is 13.8 Å². The highest BCUT2D eigenvalue weighted by molar-refractivity contribution is 9.10. The lowest BCUT2D eigenvalue weighted by Gasteiger charge is -2.09. The van der Waals surface area contributed by atoms with E-state index >= 15 is 0 Å². The molecule has 1 N–H and O–H groups in total. The van der Waals surface area contributed by atoms with Crippen molar-refractivity contribution in [3.8, 4) is 0 Å². The Labute approximate surface area is 123 Å². The number of nitrogens with one attached hydrogen (secondary N) is 1. The Morgan fingerprint density at radius 2 is 1.50 bits per heavy atom. The lowest BCUT2D eigenvalue weighted by Crippen LogP contribution is -2.16. The maximum Gasteiger partial charge on any atom is 0.261 e. The van der Waals surface area contributed by atoms with Gasteiger partial charge in [0.05, 0.1) is 0 Å². The summed E-state index contributed by atoms with van der Waals surface area (Å²) in [5, 5.41) is 2.51. The van der Waals surface area contributed by atoms with Gasteiger partial charge in [0.1, 0.15) is 17.2 Å². The van der Waals surface area contributed by atoms with Crippen molar-refractivity contribution in [3.63, 3.8) is 0 Å². The van der Waals surface area contributed by atoms with E-state index in [0.29, 0.717) is 5.69 Å². The van der Waals surface area contributed by atoms with Crippen LogP contribution in [0.3, 0.4) is 0 Å². The van der Waals surface area contributed by atoms with Gasteiger partial charge >= 0.3 is 0 Å². The summed E-state index contributed by atoms with van der Waals surface area (Å²) in [5.41, 5.74) is 1.83. The minimum atomic E-state index is -0.904. The quantitative estimate of drug-likeness (QED) is 0.851. The zero-order chi connectivity index (χ0) is 14.9. The minimum Gasteiger partial charge on any atom is -0.322 e. The molecule has 2 aromatic rings. The lowest BCUT2D eigenvalue weighted by atomic mass is 10.1. The third-order valence-electron chi connectivity index (χ3n) is 2.71. The summed E-state index contributed by atoms with van der Waals surface area (Å²) in [4.78, 5) is 12.0. The highest BCUT2D eigenvalue weighted by Crippen LogP contribution is 2.21. The summed E-state index contributed by atoms with van der Waals surface area (Å²) in [6, 6.07) is 7.52. The predicted molar refractivity (Wildman–Crippen MR) is 77.9 cm³/mol. The first-order valence-electron chi connectivity index (χ1n) is 5.91. The molecule has 5 heteroatoms. The van der Waals surface area contributed by atoms with Gasteiger partial charge < -0.3 is 5.32 Å². The summed E-state index contributed by atoms with van der Waals surface area (Å²) in [5.74, 6) is -2.62. The minimum absolute atomic E-state index is 0.246. The molecule has 0 spiro atoms. The molecule has 0 atom stereocenters. The average molecular weight is 340 g/mol. The fourth-order valence-electron chi connectivity index (χ4n) is 2.00. The monoisotopic (exact) mass is 339 g/mol. The Hall–Kier alpha value is -1.75. The zero-order valence-electron chi connectivity index (χ0n) is 10.9. The topological polar surface area (TPSA) is 29.1 Å². The summed E-state index contributed by atoms with van der Waals surface area (Å²) < 4.78 is 27.6. The Balaban J connectivity index is 2.33. The summed E-state index contributed by atoms with van der Waals surface area (Å²) in [6.45, 7) is 3.76. The molecule has 2 aromatic carbocycles. The van der Waals surface area contributed by atoms with Crippen molar-refractivity contribution in [3.05, 3.63) is 63.1 Å². The number of halogens is 3. The van der Waals surface area contributed by atoms with Crippen LogP contribution in [0.1, 0.15) is 21.5 Å². The second-order valence-corrected chi connectivity index (χ2v) is 5.49. The molecule has 0 saturated carbocycles. The third-order valence-corrected chi connectivity index (χ3v) is 3.17. The molecule has 0 aliphatic heterocycles. The van der Waals surface area contributed by atoms with E-state index in [9.17, 15) is 13.6 Å². The van der Waals surface area contributed by atoms with Crippen molar-refractivity contribution in [2.24, 2.45) is 0 Å². The maximum absolute atomic E-state index is 13.7. The van der Waals surface area contributed by atoms with Gasteiger partial charge in [-0.15, -0.1) is 0 Å². The molecule has 0 aromatic heterocycles. The van der Waals surface area contributed by atoms with E-state index < -0.39 is 23.1 Å². The van der Waals surface area contributed by atoms with Gasteiger partial charge in [-0.25, -0.2) is 8.78 Å². The Morgan fingerprint density at radius 1 is 1.00 bits per heavy atom. The van der Waals surface area contributed by atoms with Gasteiger partial charge in [0.2, 0.25) is 0 Å². The Kier molecular flexibility index (Phi) is 4.18. The van der Waals surface area contributed by atoms with Gasteiger partial charge in [0.15, 0.2) is 0 Å². The molecule has 0 aliphatic rings. The number of rotatable bonds is 2. The summed E-state index contributed by atoms with van der Waals surface area (Å²) >= 11 is 2.97. The standard InChI is InChI=1S/C15H12BrF2NO/c1-8-3-9(2)5-11(4-8)19-15(20)14-12(17)6-10(16)7-13(14)18/h3-7H,1-2H3,(H,19,20). The number of carbonyl (C=O) groups excluding carboxylic acids is 1. The van der Waals surface area contributed by atoms with E-state index in [2.05, 4.69) is 21.2 Å². The van der Waals surface area contributed by atoms with Gasteiger partial charge in [-0.1, -0.05) is 22.0 Å². The Bertz CT molecular complexity index is 642. The van der Waals surface area contributed by atoms with Crippen LogP contribution in [0.5, 0.6) is 0 Å². The molecular formula is C15H12BrF2NO. The molecule has 0 radical (unpaired) electrons. The van der Waals surface area contributed by atoms with Crippen LogP contribution >= 0.6 is 15.9 Å². The SMILES string of the molecule is Cc1cc(C)cc(NC(=O)c2c(F)cc(Br)cc2F)c1. The van der Waals surface area contributed by atoms with Crippen LogP contribution in [-0.4, -0.2) is 5.91 Å². The molecule has 2 rings (SSSR count). The predicted octanol–water partition coefficient (Wildman–Crippen LogP) is 4.60. The second kappa shape index (κ2) is 5.71. The highest BCUT2D eigenvalue weighted by atomic mass is 79.9. The maximum atomic E-state index is 13.7. The normalized spacial score (nSPS) is 10.4. The summed E-state index contributed by atoms with van der Waals surface area (Å²) in [6.07, 6.45) is 0. The van der Waals surface area contributed by atoms with Crippen LogP contribution in [-0.2, 0) is 0 Å². The van der Waals surface area contributed by atoms with Crippen LogP contribution in [0, 0.1) is 25.5 Å². The van der Waals surface area contributed by atoms with Crippen LogP contribution in [0.15, 0.2) is 34.8 Å². The molecule has 0 saturated heterocycles. The van der Waals surface area contributed by atoms with Gasteiger partial charge in [-0.2, -0.15) is 0 Å². The lowest BCUT2D eigenvalue weighted by molar-refractivity contribution is 0.101. The molecule has 1 amide bonds. The number of benzene rings is 2. The first kappa shape index (κ1) is 14.7. The molecule has 0 bridgehead atoms. The van der Waals surface area contributed by atoms with E-state index in [4.69, 9.17) is 0 Å². The first-order valence-corrected chi connectivity index (χ1v) is 6.70. The molecular weight excluding hydrogens is 328 g/mol. The van der Waals surface area contributed by atoms with Crippen LogP contribution in [0.25, 0.3) is 0 Å². The van der Waals surface area contributed by atoms with E-state index in [1.807, 2.05) is 19.9 Å². The van der Waals surface area contributed by atoms with E-state index in [-0.39, 0.29) is 4.47 Å². The fraction of sp³-hybridized carbons (Fsp3) is 0.133. The van der Waals surface area contributed by atoms with Gasteiger partial charge in [0.25, 0.3) is 5.91 Å². The molecule has 0 aliphatic carbocycles. The molecule has 0 unspecified atom stereocenters. The number of aryl methyl sites for hydroxylation is 2. The largest absolute Gasteiger partial charge is 0.322 e. The fourth-order valence-corrected chi connectivity index (χ4v) is 2.40. The van der Waals surface area contributed by atoms with Crippen molar-refractivity contribution in [1.82, 2.24) is 0 Å². The van der Waals surface area contributed by atoms with E-state index in [1.165, 1.54) is 0 Å². The van der Waals surface area contributed by atoms with Crippen LogP contribution in [0.2, 0.25) is 0 Å². The highest BCUT2D eigenvalue weighted by Gasteiger charge is 2.18. The Morgan fingerprint density at radius 3 is 2.00 bits per heavy atom. The van der Waals surface area contributed by atoms with Crippen molar-refractivity contribution in [1.29, 1.82) is 0 Å². The van der Waals surface area contributed by atoms with Crippen LogP contribution in [0.4, 0.5) is 14.5 Å². The third kappa shape index (κ3) is 3.22. The van der Waals surface area contributed by atoms with E-state index in [1.54, 1.807) is 12.1 Å². The summed E-state index contributed by atoms with van der Waals surface area (Å²) in [7, 11) is 0. The molecule has 2 nitrogen and oxygen atoms in total. The smallest absolute Gasteiger partial charge is 0.261 e. The van der Waals surface area contributed by atoms with E-state index in [0.717, 1.165) is 23.3 Å². The van der Waals surface area contributed by atoms with Crippen molar-refractivity contribution >= 4 is 27.5 Å². The number of anilines is 1. The number of amides is 1. The van der Waals surface area contributed by atoms with Gasteiger partial charge in [0, 0.05) is 10.2 Å². The zero-order valence-corrected chi connectivity index (χ0v) is 12.5. The molecule has 0 fully saturated rings. The van der Waals surface area contributed by atoms with Crippen molar-refractivity contribution < 1.29 is 13.6 Å².